The Kier molecular flexibility index (Phi) is 6.44. The van der Waals surface area contributed by atoms with Crippen LogP contribution in [0.2, 0.25) is 0 Å². The highest BCUT2D eigenvalue weighted by Crippen LogP contribution is 2.40. The Morgan fingerprint density at radius 1 is 0.967 bits per heavy atom. The Morgan fingerprint density at radius 2 is 1.63 bits per heavy atom. The van der Waals surface area contributed by atoms with Crippen LogP contribution in [0.5, 0.6) is 0 Å². The van der Waals surface area contributed by atoms with Gasteiger partial charge in [-0.05, 0) is 24.0 Å². The topological polar surface area (TPSA) is 88.9 Å². The molecule has 2 aromatic carbocycles. The van der Waals surface area contributed by atoms with E-state index in [-0.39, 0.29) is 11.7 Å². The van der Waals surface area contributed by atoms with Gasteiger partial charge in [-0.3, -0.25) is 10.1 Å². The maximum absolute atomic E-state index is 12.2. The molecule has 3 amide bonds. The molecule has 2 N–H and O–H groups in total. The van der Waals surface area contributed by atoms with Gasteiger partial charge in [0.1, 0.15) is 5.82 Å². The maximum Gasteiger partial charge on any atom is 0.321 e. The number of rotatable bonds is 8. The molecule has 0 atom stereocenters. The zero-order valence-electron chi connectivity index (χ0n) is 16.5. The van der Waals surface area contributed by atoms with Crippen molar-refractivity contribution in [2.45, 2.75) is 37.0 Å². The lowest BCUT2D eigenvalue weighted by molar-refractivity contribution is -0.117. The number of imide groups is 1. The van der Waals surface area contributed by atoms with E-state index in [0.717, 1.165) is 29.8 Å². The van der Waals surface area contributed by atoms with Gasteiger partial charge >= 0.3 is 6.03 Å². The quantitative estimate of drug-likeness (QED) is 0.545. The lowest BCUT2D eigenvalue weighted by atomic mass is 10.2. The van der Waals surface area contributed by atoms with E-state index < -0.39 is 6.03 Å². The van der Waals surface area contributed by atoms with Gasteiger partial charge in [0.15, 0.2) is 5.16 Å². The molecule has 0 spiro atoms. The minimum Gasteiger partial charge on any atom is -0.334 e. The van der Waals surface area contributed by atoms with Crippen molar-refractivity contribution in [1.29, 1.82) is 0 Å². The zero-order chi connectivity index (χ0) is 20.8. The number of hydrogen-bond donors (Lipinski definition) is 2. The molecule has 1 saturated carbocycles. The lowest BCUT2D eigenvalue weighted by Gasteiger charge is -2.10. The van der Waals surface area contributed by atoms with Gasteiger partial charge in [-0.25, -0.2) is 4.79 Å². The van der Waals surface area contributed by atoms with Crippen LogP contribution in [0.15, 0.2) is 65.8 Å². The van der Waals surface area contributed by atoms with E-state index in [0.29, 0.717) is 24.2 Å². The van der Waals surface area contributed by atoms with E-state index in [9.17, 15) is 9.59 Å². The SMILES string of the molecule is O=C(CSc1nnc(C2CC2)n1Cc1ccccc1)NC(=O)NCc1ccccc1. The largest absolute Gasteiger partial charge is 0.334 e. The third-order valence-electron chi connectivity index (χ3n) is 4.75. The predicted molar refractivity (Wildman–Crippen MR) is 115 cm³/mol. The number of nitrogens with one attached hydrogen (secondary N) is 2. The van der Waals surface area contributed by atoms with Crippen LogP contribution in [0.1, 0.15) is 35.7 Å². The zero-order valence-corrected chi connectivity index (χ0v) is 17.3. The van der Waals surface area contributed by atoms with Gasteiger partial charge in [0.25, 0.3) is 0 Å². The molecule has 1 aromatic heterocycles. The Balaban J connectivity index is 1.32. The summed E-state index contributed by atoms with van der Waals surface area (Å²) in [4.78, 5) is 24.2. The first-order chi connectivity index (χ1) is 14.7. The maximum atomic E-state index is 12.2. The number of aromatic nitrogens is 3. The molecular weight excluding hydrogens is 398 g/mol. The minimum absolute atomic E-state index is 0.0936. The molecule has 30 heavy (non-hydrogen) atoms. The Hall–Kier alpha value is -3.13. The van der Waals surface area contributed by atoms with Gasteiger partial charge in [0.2, 0.25) is 5.91 Å². The van der Waals surface area contributed by atoms with Gasteiger partial charge in [-0.15, -0.1) is 10.2 Å². The summed E-state index contributed by atoms with van der Waals surface area (Å²) in [6, 6.07) is 19.2. The third-order valence-corrected chi connectivity index (χ3v) is 5.72. The Labute approximate surface area is 179 Å². The number of nitrogens with zero attached hydrogens (tertiary/aromatic N) is 3. The van der Waals surface area contributed by atoms with Crippen molar-refractivity contribution >= 4 is 23.7 Å². The van der Waals surface area contributed by atoms with Gasteiger partial charge < -0.3 is 9.88 Å². The second-order valence-corrected chi connectivity index (χ2v) is 8.13. The van der Waals surface area contributed by atoms with Gasteiger partial charge in [-0.1, -0.05) is 72.4 Å². The average molecular weight is 422 g/mol. The molecule has 1 aliphatic carbocycles. The molecular formula is C22H23N5O2S. The molecule has 154 valence electrons. The first kappa shape index (κ1) is 20.2. The molecule has 0 unspecified atom stereocenters. The van der Waals surface area contributed by atoms with E-state index in [4.69, 9.17) is 0 Å². The number of hydrogen-bond acceptors (Lipinski definition) is 5. The van der Waals surface area contributed by atoms with Crippen LogP contribution in [0.25, 0.3) is 0 Å². The van der Waals surface area contributed by atoms with E-state index in [2.05, 4.69) is 37.5 Å². The summed E-state index contributed by atoms with van der Waals surface area (Å²) in [6.45, 7) is 1.03. The van der Waals surface area contributed by atoms with Crippen molar-refractivity contribution in [3.63, 3.8) is 0 Å². The van der Waals surface area contributed by atoms with Crippen molar-refractivity contribution in [1.82, 2.24) is 25.4 Å². The van der Waals surface area contributed by atoms with Crippen molar-refractivity contribution in [2.75, 3.05) is 5.75 Å². The summed E-state index contributed by atoms with van der Waals surface area (Å²) >= 11 is 1.29. The fraction of sp³-hybridized carbons (Fsp3) is 0.273. The van der Waals surface area contributed by atoms with Gasteiger partial charge in [-0.2, -0.15) is 0 Å². The third kappa shape index (κ3) is 5.48. The van der Waals surface area contributed by atoms with Crippen molar-refractivity contribution in [2.24, 2.45) is 0 Å². The summed E-state index contributed by atoms with van der Waals surface area (Å²) < 4.78 is 2.08. The number of benzene rings is 2. The summed E-state index contributed by atoms with van der Waals surface area (Å²) in [5.74, 6) is 1.15. The van der Waals surface area contributed by atoms with Crippen molar-refractivity contribution < 1.29 is 9.59 Å². The number of thioether (sulfide) groups is 1. The fourth-order valence-corrected chi connectivity index (χ4v) is 3.82. The van der Waals surface area contributed by atoms with Gasteiger partial charge in [0.05, 0.1) is 12.3 Å². The minimum atomic E-state index is -0.506. The number of amides is 3. The van der Waals surface area contributed by atoms with Crippen LogP contribution >= 0.6 is 11.8 Å². The van der Waals surface area contributed by atoms with Crippen LogP contribution in [0.4, 0.5) is 4.79 Å². The summed E-state index contributed by atoms with van der Waals surface area (Å²) in [5.41, 5.74) is 2.13. The molecule has 1 aliphatic rings. The molecule has 7 nitrogen and oxygen atoms in total. The Morgan fingerprint density at radius 3 is 2.30 bits per heavy atom. The predicted octanol–water partition coefficient (Wildman–Crippen LogP) is 3.32. The normalized spacial score (nSPS) is 13.1. The summed E-state index contributed by atoms with van der Waals surface area (Å²) in [6.07, 6.45) is 2.25. The highest BCUT2D eigenvalue weighted by Gasteiger charge is 2.30. The highest BCUT2D eigenvalue weighted by atomic mass is 32.2. The Bertz CT molecular complexity index is 1000. The first-order valence-electron chi connectivity index (χ1n) is 9.90. The summed E-state index contributed by atoms with van der Waals surface area (Å²) in [5, 5.41) is 14.4. The van der Waals surface area contributed by atoms with Crippen LogP contribution in [-0.2, 0) is 17.9 Å². The fourth-order valence-electron chi connectivity index (χ4n) is 3.08. The van der Waals surface area contributed by atoms with Crippen molar-refractivity contribution in [3.05, 3.63) is 77.6 Å². The van der Waals surface area contributed by atoms with Crippen LogP contribution in [-0.4, -0.2) is 32.5 Å². The summed E-state index contributed by atoms with van der Waals surface area (Å²) in [7, 11) is 0. The second kappa shape index (κ2) is 9.58. The molecule has 4 rings (SSSR count). The molecule has 0 saturated heterocycles. The van der Waals surface area contributed by atoms with E-state index in [1.807, 2.05) is 48.5 Å². The van der Waals surface area contributed by atoms with Crippen LogP contribution < -0.4 is 10.6 Å². The smallest absolute Gasteiger partial charge is 0.321 e. The molecule has 1 heterocycles. The highest BCUT2D eigenvalue weighted by molar-refractivity contribution is 7.99. The molecule has 0 bridgehead atoms. The monoisotopic (exact) mass is 421 g/mol. The molecule has 8 heteroatoms. The van der Waals surface area contributed by atoms with E-state index >= 15 is 0 Å². The molecule has 0 aliphatic heterocycles. The number of urea groups is 1. The van der Waals surface area contributed by atoms with E-state index in [1.165, 1.54) is 11.8 Å². The number of carbonyl (C=O) groups is 2. The van der Waals surface area contributed by atoms with Crippen molar-refractivity contribution in [3.8, 4) is 0 Å². The van der Waals surface area contributed by atoms with Crippen LogP contribution in [0.3, 0.4) is 0 Å². The van der Waals surface area contributed by atoms with Crippen LogP contribution in [0, 0.1) is 0 Å². The number of carbonyl (C=O) groups excluding carboxylic acids is 2. The van der Waals surface area contributed by atoms with E-state index in [1.54, 1.807) is 0 Å². The molecule has 1 fully saturated rings. The second-order valence-electron chi connectivity index (χ2n) is 7.19. The molecule has 0 radical (unpaired) electrons. The molecule has 3 aromatic rings. The average Bonchev–Trinajstić information content (AvgIpc) is 3.54. The van der Waals surface area contributed by atoms with Gasteiger partial charge in [0, 0.05) is 12.5 Å². The lowest BCUT2D eigenvalue weighted by Crippen LogP contribution is -2.40. The standard InChI is InChI=1S/C22H23N5O2S/c28-19(24-21(29)23-13-16-7-3-1-4-8-16)15-30-22-26-25-20(18-11-12-18)27(22)14-17-9-5-2-6-10-17/h1-10,18H,11-15H2,(H2,23,24,28,29). The first-order valence-corrected chi connectivity index (χ1v) is 10.9.